The van der Waals surface area contributed by atoms with E-state index in [1.165, 1.54) is 5.56 Å². The third-order valence-corrected chi connectivity index (χ3v) is 4.32. The number of benzene rings is 1. The van der Waals surface area contributed by atoms with Gasteiger partial charge < -0.3 is 14.2 Å². The number of hydrogen-bond acceptors (Lipinski definition) is 3. The molecule has 0 spiro atoms. The molecular formula is C18H26O3. The molecule has 0 saturated carbocycles. The van der Waals surface area contributed by atoms with Crippen molar-refractivity contribution >= 4 is 0 Å². The SMILES string of the molecule is C=CC[C@H]1O[C@@H](OC)C[C@@H](OCc2ccccc2)C1(C)C. The second-order valence-corrected chi connectivity index (χ2v) is 6.16. The summed E-state index contributed by atoms with van der Waals surface area (Å²) in [5.74, 6) is 0. The van der Waals surface area contributed by atoms with Gasteiger partial charge in [-0.25, -0.2) is 0 Å². The Morgan fingerprint density at radius 3 is 2.67 bits per heavy atom. The fourth-order valence-electron chi connectivity index (χ4n) is 2.82. The summed E-state index contributed by atoms with van der Waals surface area (Å²) in [5.41, 5.74) is 1.12. The summed E-state index contributed by atoms with van der Waals surface area (Å²) in [4.78, 5) is 0. The Morgan fingerprint density at radius 2 is 2.05 bits per heavy atom. The average molecular weight is 290 g/mol. The van der Waals surface area contributed by atoms with E-state index in [2.05, 4.69) is 32.6 Å². The first-order valence-electron chi connectivity index (χ1n) is 7.52. The van der Waals surface area contributed by atoms with Gasteiger partial charge in [0.15, 0.2) is 6.29 Å². The number of methoxy groups -OCH3 is 1. The van der Waals surface area contributed by atoms with E-state index < -0.39 is 0 Å². The van der Waals surface area contributed by atoms with Crippen LogP contribution in [0.15, 0.2) is 43.0 Å². The second kappa shape index (κ2) is 7.21. The molecule has 2 rings (SSSR count). The summed E-state index contributed by atoms with van der Waals surface area (Å²) in [7, 11) is 1.68. The minimum atomic E-state index is -0.205. The van der Waals surface area contributed by atoms with E-state index in [4.69, 9.17) is 14.2 Å². The highest BCUT2D eigenvalue weighted by molar-refractivity contribution is 5.13. The third-order valence-electron chi connectivity index (χ3n) is 4.32. The molecule has 3 nitrogen and oxygen atoms in total. The predicted octanol–water partition coefficient (Wildman–Crippen LogP) is 3.94. The lowest BCUT2D eigenvalue weighted by molar-refractivity contribution is -0.258. The van der Waals surface area contributed by atoms with E-state index in [0.717, 1.165) is 12.8 Å². The minimum Gasteiger partial charge on any atom is -0.373 e. The molecule has 1 aliphatic rings. The molecular weight excluding hydrogens is 264 g/mol. The van der Waals surface area contributed by atoms with Crippen LogP contribution in [0.3, 0.4) is 0 Å². The molecule has 21 heavy (non-hydrogen) atoms. The summed E-state index contributed by atoms with van der Waals surface area (Å²) in [6.45, 7) is 8.84. The first-order chi connectivity index (χ1) is 10.1. The van der Waals surface area contributed by atoms with Gasteiger partial charge in [-0.3, -0.25) is 0 Å². The monoisotopic (exact) mass is 290 g/mol. The van der Waals surface area contributed by atoms with E-state index in [-0.39, 0.29) is 23.9 Å². The number of ether oxygens (including phenoxy) is 3. The van der Waals surface area contributed by atoms with E-state index in [1.54, 1.807) is 7.11 Å². The zero-order valence-corrected chi connectivity index (χ0v) is 13.2. The Balaban J connectivity index is 2.05. The molecule has 0 radical (unpaired) electrons. The van der Waals surface area contributed by atoms with Crippen molar-refractivity contribution in [2.24, 2.45) is 5.41 Å². The van der Waals surface area contributed by atoms with Crippen LogP contribution in [0.5, 0.6) is 0 Å². The van der Waals surface area contributed by atoms with Crippen LogP contribution in [0, 0.1) is 5.41 Å². The Labute approximate surface area is 127 Å². The highest BCUT2D eigenvalue weighted by Crippen LogP contribution is 2.40. The van der Waals surface area contributed by atoms with Gasteiger partial charge in [-0.2, -0.15) is 0 Å². The fraction of sp³-hybridized carbons (Fsp3) is 0.556. The lowest BCUT2D eigenvalue weighted by Gasteiger charge is -2.46. The maximum atomic E-state index is 6.20. The van der Waals surface area contributed by atoms with Crippen LogP contribution in [-0.4, -0.2) is 25.6 Å². The van der Waals surface area contributed by atoms with Crippen molar-refractivity contribution in [2.75, 3.05) is 7.11 Å². The van der Waals surface area contributed by atoms with Crippen molar-refractivity contribution in [1.82, 2.24) is 0 Å². The van der Waals surface area contributed by atoms with Crippen LogP contribution in [0.4, 0.5) is 0 Å². The molecule has 1 saturated heterocycles. The largest absolute Gasteiger partial charge is 0.373 e. The molecule has 1 aliphatic heterocycles. The van der Waals surface area contributed by atoms with Crippen molar-refractivity contribution in [3.05, 3.63) is 48.6 Å². The second-order valence-electron chi connectivity index (χ2n) is 6.16. The molecule has 0 unspecified atom stereocenters. The van der Waals surface area contributed by atoms with Crippen LogP contribution >= 0.6 is 0 Å². The van der Waals surface area contributed by atoms with Gasteiger partial charge in [0.05, 0.1) is 18.8 Å². The summed E-state index contributed by atoms with van der Waals surface area (Å²) >= 11 is 0. The fourth-order valence-corrected chi connectivity index (χ4v) is 2.82. The predicted molar refractivity (Wildman–Crippen MR) is 83.9 cm³/mol. The quantitative estimate of drug-likeness (QED) is 0.743. The Hall–Kier alpha value is -1.16. The van der Waals surface area contributed by atoms with Crippen LogP contribution in [0.2, 0.25) is 0 Å². The Morgan fingerprint density at radius 1 is 1.33 bits per heavy atom. The molecule has 3 atom stereocenters. The molecule has 0 amide bonds. The van der Waals surface area contributed by atoms with Crippen LogP contribution in [0.25, 0.3) is 0 Å². The highest BCUT2D eigenvalue weighted by Gasteiger charge is 2.45. The summed E-state index contributed by atoms with van der Waals surface area (Å²) in [5, 5.41) is 0. The van der Waals surface area contributed by atoms with Gasteiger partial charge in [0.2, 0.25) is 0 Å². The lowest BCUT2D eigenvalue weighted by atomic mass is 9.76. The molecule has 116 valence electrons. The molecule has 0 aromatic heterocycles. The van der Waals surface area contributed by atoms with Crippen molar-refractivity contribution in [2.45, 2.75) is 51.8 Å². The zero-order chi connectivity index (χ0) is 15.3. The highest BCUT2D eigenvalue weighted by atomic mass is 16.7. The van der Waals surface area contributed by atoms with Crippen molar-refractivity contribution in [3.8, 4) is 0 Å². The molecule has 0 aliphatic carbocycles. The lowest BCUT2D eigenvalue weighted by Crippen LogP contribution is -2.51. The standard InChI is InChI=1S/C18H26O3/c1-5-9-15-18(2,3)16(12-17(19-4)21-15)20-13-14-10-7-6-8-11-14/h5-8,10-11,15-17H,1,9,12-13H2,2-4H3/t15-,16-,17-/m1/s1. The maximum absolute atomic E-state index is 6.20. The van der Waals surface area contributed by atoms with Gasteiger partial charge in [-0.15, -0.1) is 6.58 Å². The first-order valence-corrected chi connectivity index (χ1v) is 7.52. The number of rotatable bonds is 6. The Bertz CT molecular complexity index is 441. The molecule has 3 heteroatoms. The van der Waals surface area contributed by atoms with E-state index in [1.807, 2.05) is 24.3 Å². The van der Waals surface area contributed by atoms with Gasteiger partial charge in [0, 0.05) is 18.9 Å². The molecule has 0 N–H and O–H groups in total. The van der Waals surface area contributed by atoms with Crippen LogP contribution in [-0.2, 0) is 20.8 Å². The maximum Gasteiger partial charge on any atom is 0.160 e. The summed E-state index contributed by atoms with van der Waals surface area (Å²) in [6, 6.07) is 10.3. The molecule has 1 heterocycles. The van der Waals surface area contributed by atoms with Crippen LogP contribution in [0.1, 0.15) is 32.3 Å². The summed E-state index contributed by atoms with van der Waals surface area (Å²) in [6.07, 6.45) is 3.42. The minimum absolute atomic E-state index is 0.0643. The van der Waals surface area contributed by atoms with Gasteiger partial charge in [-0.05, 0) is 12.0 Å². The summed E-state index contributed by atoms with van der Waals surface area (Å²) < 4.78 is 17.6. The van der Waals surface area contributed by atoms with Gasteiger partial charge in [-0.1, -0.05) is 50.3 Å². The van der Waals surface area contributed by atoms with Crippen molar-refractivity contribution in [1.29, 1.82) is 0 Å². The van der Waals surface area contributed by atoms with Crippen LogP contribution < -0.4 is 0 Å². The number of hydrogen-bond donors (Lipinski definition) is 0. The molecule has 1 aromatic carbocycles. The van der Waals surface area contributed by atoms with Gasteiger partial charge in [0.1, 0.15) is 0 Å². The normalized spacial score (nSPS) is 28.2. The van der Waals surface area contributed by atoms with Gasteiger partial charge >= 0.3 is 0 Å². The third kappa shape index (κ3) is 3.94. The van der Waals surface area contributed by atoms with E-state index >= 15 is 0 Å². The smallest absolute Gasteiger partial charge is 0.160 e. The molecule has 1 fully saturated rings. The van der Waals surface area contributed by atoms with E-state index in [9.17, 15) is 0 Å². The zero-order valence-electron chi connectivity index (χ0n) is 13.2. The molecule has 0 bridgehead atoms. The Kier molecular flexibility index (Phi) is 5.57. The van der Waals surface area contributed by atoms with Gasteiger partial charge in [0.25, 0.3) is 0 Å². The molecule has 1 aromatic rings. The first kappa shape index (κ1) is 16.2. The van der Waals surface area contributed by atoms with E-state index in [0.29, 0.717) is 6.61 Å². The van der Waals surface area contributed by atoms with Crippen molar-refractivity contribution < 1.29 is 14.2 Å². The average Bonchev–Trinajstić information content (AvgIpc) is 2.49. The van der Waals surface area contributed by atoms with Crippen molar-refractivity contribution in [3.63, 3.8) is 0 Å². The topological polar surface area (TPSA) is 27.7 Å².